The highest BCUT2D eigenvalue weighted by Gasteiger charge is 2.22. The molecule has 6 nitrogen and oxygen atoms in total. The van der Waals surface area contributed by atoms with Crippen LogP contribution in [0.5, 0.6) is 0 Å². The van der Waals surface area contributed by atoms with Gasteiger partial charge < -0.3 is 5.32 Å². The van der Waals surface area contributed by atoms with Gasteiger partial charge in [0.1, 0.15) is 6.33 Å². The van der Waals surface area contributed by atoms with Gasteiger partial charge in [-0.3, -0.25) is 4.79 Å². The number of nitrogens with one attached hydrogen (secondary N) is 1. The highest BCUT2D eigenvalue weighted by molar-refractivity contribution is 5.96. The van der Waals surface area contributed by atoms with Crippen LogP contribution in [0.1, 0.15) is 54.9 Å². The molecule has 29 heavy (non-hydrogen) atoms. The first-order valence-corrected chi connectivity index (χ1v) is 10.4. The van der Waals surface area contributed by atoms with Crippen LogP contribution in [0.25, 0.3) is 16.8 Å². The van der Waals surface area contributed by atoms with Crippen molar-refractivity contribution in [3.8, 4) is 16.8 Å². The molecule has 0 unspecified atom stereocenters. The third-order valence-electron chi connectivity index (χ3n) is 5.89. The molecule has 1 saturated carbocycles. The Morgan fingerprint density at radius 1 is 1.07 bits per heavy atom. The zero-order valence-corrected chi connectivity index (χ0v) is 17.0. The second-order valence-corrected chi connectivity index (χ2v) is 8.05. The molecule has 6 heteroatoms. The quantitative estimate of drug-likeness (QED) is 0.705. The van der Waals surface area contributed by atoms with E-state index in [0.717, 1.165) is 16.8 Å². The largest absolute Gasteiger partial charge is 0.349 e. The van der Waals surface area contributed by atoms with Crippen molar-refractivity contribution in [1.82, 2.24) is 25.5 Å². The van der Waals surface area contributed by atoms with E-state index in [1.54, 1.807) is 11.0 Å². The molecule has 2 aromatic carbocycles. The molecule has 0 aliphatic heterocycles. The molecule has 1 fully saturated rings. The zero-order chi connectivity index (χ0) is 20.2. The molecule has 1 aliphatic rings. The molecule has 150 valence electrons. The molecule has 0 spiro atoms. The minimum Gasteiger partial charge on any atom is -0.349 e. The van der Waals surface area contributed by atoms with E-state index < -0.39 is 0 Å². The highest BCUT2D eigenvalue weighted by Crippen LogP contribution is 2.27. The maximum atomic E-state index is 13.1. The molecule has 4 rings (SSSR count). The standard InChI is InChI=1S/C23H27N5O/c1-16-8-10-19(11-9-16)20-12-21(14-22(13-20)28-15-24-26-27-28)23(29)25-17(2)18-6-4-3-5-7-18/h8-15,17-18H,3-7H2,1-2H3,(H,25,29)/t17-/m1/s1. The molecule has 0 saturated heterocycles. The average Bonchev–Trinajstić information content (AvgIpc) is 3.29. The SMILES string of the molecule is Cc1ccc(-c2cc(C(=O)N[C@H](C)C3CCCCC3)cc(-n3cnnn3)c2)cc1. The smallest absolute Gasteiger partial charge is 0.251 e. The van der Waals surface area contributed by atoms with Crippen molar-refractivity contribution < 1.29 is 4.79 Å². The number of rotatable bonds is 5. The number of carbonyl (C=O) groups excluding carboxylic acids is 1. The summed E-state index contributed by atoms with van der Waals surface area (Å²) >= 11 is 0. The lowest BCUT2D eigenvalue weighted by atomic mass is 9.84. The number of benzene rings is 2. The molecule has 1 N–H and O–H groups in total. The first kappa shape index (κ1) is 19.3. The number of carbonyl (C=O) groups is 1. The summed E-state index contributed by atoms with van der Waals surface area (Å²) < 4.78 is 1.58. The summed E-state index contributed by atoms with van der Waals surface area (Å²) in [6.45, 7) is 4.19. The Morgan fingerprint density at radius 2 is 1.83 bits per heavy atom. The molecular formula is C23H27N5O. The Labute approximate surface area is 171 Å². The third-order valence-corrected chi connectivity index (χ3v) is 5.89. The Kier molecular flexibility index (Phi) is 5.69. The minimum atomic E-state index is -0.0497. The maximum Gasteiger partial charge on any atom is 0.251 e. The molecule has 1 amide bonds. The van der Waals surface area contributed by atoms with E-state index in [-0.39, 0.29) is 11.9 Å². The van der Waals surface area contributed by atoms with E-state index in [1.165, 1.54) is 37.7 Å². The number of aryl methyl sites for hydroxylation is 1. The second kappa shape index (κ2) is 8.55. The van der Waals surface area contributed by atoms with E-state index in [2.05, 4.69) is 59.0 Å². The van der Waals surface area contributed by atoms with Gasteiger partial charge in [-0.15, -0.1) is 5.10 Å². The van der Waals surface area contributed by atoms with Crippen LogP contribution in [0.4, 0.5) is 0 Å². The monoisotopic (exact) mass is 389 g/mol. The van der Waals surface area contributed by atoms with Crippen molar-refractivity contribution in [2.75, 3.05) is 0 Å². The maximum absolute atomic E-state index is 13.1. The van der Waals surface area contributed by atoms with Crippen LogP contribution < -0.4 is 5.32 Å². The zero-order valence-electron chi connectivity index (χ0n) is 17.0. The fraction of sp³-hybridized carbons (Fsp3) is 0.391. The van der Waals surface area contributed by atoms with Gasteiger partial charge in [0.05, 0.1) is 5.69 Å². The molecular weight excluding hydrogens is 362 g/mol. The molecule has 1 atom stereocenters. The van der Waals surface area contributed by atoms with E-state index in [0.29, 0.717) is 11.5 Å². The van der Waals surface area contributed by atoms with Gasteiger partial charge in [-0.1, -0.05) is 49.1 Å². The summed E-state index contributed by atoms with van der Waals surface area (Å²) in [5.41, 5.74) is 4.61. The Bertz CT molecular complexity index is 959. The number of hydrogen-bond donors (Lipinski definition) is 1. The van der Waals surface area contributed by atoms with Gasteiger partial charge in [-0.2, -0.15) is 0 Å². The molecule has 1 heterocycles. The Balaban J connectivity index is 1.64. The third kappa shape index (κ3) is 4.53. The summed E-state index contributed by atoms with van der Waals surface area (Å²) in [6, 6.07) is 14.2. The summed E-state index contributed by atoms with van der Waals surface area (Å²) in [5, 5.41) is 14.7. The van der Waals surface area contributed by atoms with Crippen molar-refractivity contribution in [3.05, 3.63) is 59.9 Å². The van der Waals surface area contributed by atoms with Crippen molar-refractivity contribution in [1.29, 1.82) is 0 Å². The Hall–Kier alpha value is -3.02. The normalized spacial score (nSPS) is 15.8. The fourth-order valence-corrected chi connectivity index (χ4v) is 4.11. The van der Waals surface area contributed by atoms with Crippen LogP contribution in [0, 0.1) is 12.8 Å². The summed E-state index contributed by atoms with van der Waals surface area (Å²) in [6.07, 6.45) is 7.77. The van der Waals surface area contributed by atoms with Gasteiger partial charge in [0.15, 0.2) is 0 Å². The summed E-state index contributed by atoms with van der Waals surface area (Å²) in [4.78, 5) is 13.1. The molecule has 0 radical (unpaired) electrons. The summed E-state index contributed by atoms with van der Waals surface area (Å²) in [5.74, 6) is 0.512. The molecule has 0 bridgehead atoms. The van der Waals surface area contributed by atoms with Gasteiger partial charge in [0, 0.05) is 11.6 Å². The number of hydrogen-bond acceptors (Lipinski definition) is 4. The van der Waals surface area contributed by atoms with Gasteiger partial charge in [0.2, 0.25) is 0 Å². The lowest BCUT2D eigenvalue weighted by Crippen LogP contribution is -2.38. The highest BCUT2D eigenvalue weighted by atomic mass is 16.1. The topological polar surface area (TPSA) is 72.7 Å². The van der Waals surface area contributed by atoms with Gasteiger partial charge in [-0.25, -0.2) is 4.68 Å². The predicted molar refractivity (Wildman–Crippen MR) is 113 cm³/mol. The van der Waals surface area contributed by atoms with Crippen LogP contribution in [0.2, 0.25) is 0 Å². The molecule has 1 aliphatic carbocycles. The van der Waals surface area contributed by atoms with Gasteiger partial charge in [0.25, 0.3) is 5.91 Å². The second-order valence-electron chi connectivity index (χ2n) is 8.05. The minimum absolute atomic E-state index is 0.0497. The van der Waals surface area contributed by atoms with Crippen molar-refractivity contribution in [2.24, 2.45) is 5.92 Å². The van der Waals surface area contributed by atoms with Crippen molar-refractivity contribution >= 4 is 5.91 Å². The summed E-state index contributed by atoms with van der Waals surface area (Å²) in [7, 11) is 0. The van der Waals surface area contributed by atoms with Gasteiger partial charge in [-0.05, 0) is 72.4 Å². The van der Waals surface area contributed by atoms with E-state index in [9.17, 15) is 4.79 Å². The van der Waals surface area contributed by atoms with Crippen LogP contribution >= 0.6 is 0 Å². The molecule has 1 aromatic heterocycles. The van der Waals surface area contributed by atoms with Crippen molar-refractivity contribution in [2.45, 2.75) is 52.0 Å². The van der Waals surface area contributed by atoms with Gasteiger partial charge >= 0.3 is 0 Å². The molecule has 3 aromatic rings. The first-order chi connectivity index (χ1) is 14.1. The fourth-order valence-electron chi connectivity index (χ4n) is 4.11. The lowest BCUT2D eigenvalue weighted by molar-refractivity contribution is 0.0919. The average molecular weight is 390 g/mol. The predicted octanol–water partition coefficient (Wildman–Crippen LogP) is 4.34. The van der Waals surface area contributed by atoms with E-state index >= 15 is 0 Å². The Morgan fingerprint density at radius 3 is 2.52 bits per heavy atom. The number of aromatic nitrogens is 4. The van der Waals surface area contributed by atoms with Crippen molar-refractivity contribution in [3.63, 3.8) is 0 Å². The number of amides is 1. The first-order valence-electron chi connectivity index (χ1n) is 10.4. The van der Waals surface area contributed by atoms with Crippen LogP contribution in [-0.2, 0) is 0 Å². The van der Waals surface area contributed by atoms with E-state index in [4.69, 9.17) is 0 Å². The lowest BCUT2D eigenvalue weighted by Gasteiger charge is -2.28. The number of nitrogens with zero attached hydrogens (tertiary/aromatic N) is 4. The van der Waals surface area contributed by atoms with E-state index in [1.807, 2.05) is 18.2 Å². The van der Waals surface area contributed by atoms with Crippen LogP contribution in [-0.4, -0.2) is 32.2 Å². The van der Waals surface area contributed by atoms with Crippen LogP contribution in [0.15, 0.2) is 48.8 Å². The van der Waals surface area contributed by atoms with Crippen LogP contribution in [0.3, 0.4) is 0 Å². The number of tetrazole rings is 1.